The molecular weight excluding hydrogens is 580 g/mol. The molecule has 2 N–H and O–H groups in total. The van der Waals surface area contributed by atoms with E-state index in [-0.39, 0.29) is 23.1 Å². The van der Waals surface area contributed by atoms with Gasteiger partial charge in [0.1, 0.15) is 23.1 Å². The number of methoxy groups -OCH3 is 2. The highest BCUT2D eigenvalue weighted by molar-refractivity contribution is 7.89. The number of sulfonamides is 2. The molecule has 0 radical (unpaired) electrons. The smallest absolute Gasteiger partial charge is 0.262 e. The Morgan fingerprint density at radius 2 is 1.10 bits per heavy atom. The molecule has 0 aliphatic heterocycles. The van der Waals surface area contributed by atoms with Crippen LogP contribution in [0.1, 0.15) is 36.6 Å². The summed E-state index contributed by atoms with van der Waals surface area (Å²) in [5.41, 5.74) is 1.72. The number of rotatable bonds is 11. The average Bonchev–Trinajstić information content (AvgIpc) is 3.56. The van der Waals surface area contributed by atoms with Crippen LogP contribution in [0.4, 0.5) is 0 Å². The molecule has 2 aromatic heterocycles. The van der Waals surface area contributed by atoms with Gasteiger partial charge in [0.25, 0.3) is 20.0 Å². The van der Waals surface area contributed by atoms with Crippen LogP contribution < -0.4 is 14.6 Å². The maximum absolute atomic E-state index is 13.5. The number of benzene rings is 2. The quantitative estimate of drug-likeness (QED) is 0.268. The summed E-state index contributed by atoms with van der Waals surface area (Å²) in [4.78, 5) is 8.11. The minimum atomic E-state index is -3.80. The molecule has 0 atom stereocenters. The SMILES string of the molecule is CCn1cc(S(=O)(=O)N(Cc2ccc(OC)cc2)Cc2ccc(OC)cc2)nc1C.CCn1cc(S(N)(=O)=O)nc1C. The Balaban J connectivity index is 0.000000337. The van der Waals surface area contributed by atoms with Crippen LogP contribution in [-0.4, -0.2) is 54.5 Å². The summed E-state index contributed by atoms with van der Waals surface area (Å²) < 4.78 is 64.0. The topological polar surface area (TPSA) is 152 Å². The first kappa shape index (κ1) is 32.8. The summed E-state index contributed by atoms with van der Waals surface area (Å²) in [6.45, 7) is 9.18. The van der Waals surface area contributed by atoms with Gasteiger partial charge in [-0.3, -0.25) is 0 Å². The van der Waals surface area contributed by atoms with Crippen molar-refractivity contribution < 1.29 is 26.3 Å². The van der Waals surface area contributed by atoms with Gasteiger partial charge in [0.05, 0.1) is 14.2 Å². The predicted molar refractivity (Wildman–Crippen MR) is 159 cm³/mol. The first-order valence-electron chi connectivity index (χ1n) is 13.2. The Morgan fingerprint density at radius 1 is 0.714 bits per heavy atom. The largest absolute Gasteiger partial charge is 0.497 e. The molecular formula is C28H38N6O6S2. The summed E-state index contributed by atoms with van der Waals surface area (Å²) in [5.74, 6) is 2.77. The molecule has 0 saturated heterocycles. The number of hydrogen-bond donors (Lipinski definition) is 1. The molecule has 0 aliphatic carbocycles. The lowest BCUT2D eigenvalue weighted by Crippen LogP contribution is -2.30. The van der Waals surface area contributed by atoms with E-state index in [1.807, 2.05) is 66.9 Å². The summed E-state index contributed by atoms with van der Waals surface area (Å²) in [6, 6.07) is 14.8. The van der Waals surface area contributed by atoms with E-state index in [0.29, 0.717) is 24.7 Å². The van der Waals surface area contributed by atoms with Crippen LogP contribution >= 0.6 is 0 Å². The van der Waals surface area contributed by atoms with Crippen LogP contribution in [0.25, 0.3) is 0 Å². The van der Waals surface area contributed by atoms with E-state index < -0.39 is 20.0 Å². The second kappa shape index (κ2) is 14.0. The molecule has 0 bridgehead atoms. The van der Waals surface area contributed by atoms with Crippen LogP contribution in [0.2, 0.25) is 0 Å². The number of nitrogens with two attached hydrogens (primary N) is 1. The second-order valence-electron chi connectivity index (χ2n) is 9.34. The van der Waals surface area contributed by atoms with Crippen molar-refractivity contribution in [2.75, 3.05) is 14.2 Å². The Bertz CT molecular complexity index is 1630. The Morgan fingerprint density at radius 3 is 1.40 bits per heavy atom. The van der Waals surface area contributed by atoms with E-state index in [1.165, 1.54) is 10.5 Å². The molecule has 0 saturated carbocycles. The van der Waals surface area contributed by atoms with Crippen LogP contribution in [0, 0.1) is 13.8 Å². The molecule has 0 fully saturated rings. The van der Waals surface area contributed by atoms with Gasteiger partial charge in [0.2, 0.25) is 0 Å². The maximum Gasteiger partial charge on any atom is 0.262 e. The molecule has 14 heteroatoms. The molecule has 228 valence electrons. The van der Waals surface area contributed by atoms with Crippen molar-refractivity contribution in [3.05, 3.63) is 83.7 Å². The van der Waals surface area contributed by atoms with Gasteiger partial charge in [-0.1, -0.05) is 24.3 Å². The number of hydrogen-bond acceptors (Lipinski definition) is 8. The number of nitrogens with zero attached hydrogens (tertiary/aromatic N) is 5. The van der Waals surface area contributed by atoms with Crippen LogP contribution in [-0.2, 0) is 46.2 Å². The highest BCUT2D eigenvalue weighted by Gasteiger charge is 2.28. The van der Waals surface area contributed by atoms with Gasteiger partial charge in [0, 0.05) is 38.6 Å². The maximum atomic E-state index is 13.5. The van der Waals surface area contributed by atoms with Gasteiger partial charge in [-0.15, -0.1) is 0 Å². The molecule has 0 aliphatic rings. The second-order valence-corrected chi connectivity index (χ2v) is 12.7. The van der Waals surface area contributed by atoms with Crippen molar-refractivity contribution >= 4 is 20.0 Å². The lowest BCUT2D eigenvalue weighted by atomic mass is 10.2. The molecule has 0 unspecified atom stereocenters. The summed E-state index contributed by atoms with van der Waals surface area (Å²) in [5, 5.41) is 4.88. The molecule has 2 heterocycles. The van der Waals surface area contributed by atoms with E-state index in [1.54, 1.807) is 38.8 Å². The molecule has 42 heavy (non-hydrogen) atoms. The van der Waals surface area contributed by atoms with Crippen molar-refractivity contribution in [1.82, 2.24) is 23.4 Å². The third-order valence-electron chi connectivity index (χ3n) is 6.52. The van der Waals surface area contributed by atoms with E-state index in [0.717, 1.165) is 22.6 Å². The Kier molecular flexibility index (Phi) is 10.9. The number of primary sulfonamides is 1. The van der Waals surface area contributed by atoms with E-state index in [9.17, 15) is 16.8 Å². The van der Waals surface area contributed by atoms with Gasteiger partial charge in [-0.25, -0.2) is 31.9 Å². The molecule has 4 aromatic rings. The Labute approximate surface area is 247 Å². The van der Waals surface area contributed by atoms with E-state index in [4.69, 9.17) is 14.6 Å². The fourth-order valence-electron chi connectivity index (χ4n) is 4.09. The van der Waals surface area contributed by atoms with Crippen molar-refractivity contribution in [2.45, 2.75) is 63.9 Å². The zero-order valence-corrected chi connectivity index (χ0v) is 26.3. The third-order valence-corrected chi connectivity index (χ3v) is 8.96. The van der Waals surface area contributed by atoms with Gasteiger partial charge in [-0.2, -0.15) is 4.31 Å². The predicted octanol–water partition coefficient (Wildman–Crippen LogP) is 3.48. The average molecular weight is 619 g/mol. The van der Waals surface area contributed by atoms with Gasteiger partial charge < -0.3 is 18.6 Å². The highest BCUT2D eigenvalue weighted by atomic mass is 32.2. The number of aromatic nitrogens is 4. The summed E-state index contributed by atoms with van der Waals surface area (Å²) in [7, 11) is -4.25. The van der Waals surface area contributed by atoms with Crippen molar-refractivity contribution in [1.29, 1.82) is 0 Å². The van der Waals surface area contributed by atoms with Gasteiger partial charge >= 0.3 is 0 Å². The van der Waals surface area contributed by atoms with Crippen LogP contribution in [0.15, 0.2) is 71.0 Å². The molecule has 0 amide bonds. The molecule has 4 rings (SSSR count). The standard InChI is InChI=1S/C22H27N3O4S.C6H11N3O2S/c1-5-24-16-22(23-17(24)2)30(26,27)25(14-18-6-10-20(28-3)11-7-18)15-19-8-12-21(29-4)13-9-19;1-3-9-4-6(8-5(9)2)12(7,10)11/h6-13,16H,5,14-15H2,1-4H3;4H,3H2,1-2H3,(H2,7,10,11). The number of aryl methyl sites for hydroxylation is 4. The summed E-state index contributed by atoms with van der Waals surface area (Å²) in [6.07, 6.45) is 3.03. The van der Waals surface area contributed by atoms with Gasteiger partial charge in [0.15, 0.2) is 10.1 Å². The zero-order valence-electron chi connectivity index (χ0n) is 24.7. The zero-order chi connectivity index (χ0) is 31.1. The highest BCUT2D eigenvalue weighted by Crippen LogP contribution is 2.23. The first-order chi connectivity index (χ1) is 19.8. The third kappa shape index (κ3) is 8.18. The Hall–Kier alpha value is -3.72. The fraction of sp³-hybridized carbons (Fsp3) is 0.357. The number of ether oxygens (including phenoxy) is 2. The summed E-state index contributed by atoms with van der Waals surface area (Å²) >= 11 is 0. The monoisotopic (exact) mass is 618 g/mol. The van der Waals surface area contributed by atoms with Crippen molar-refractivity contribution in [2.24, 2.45) is 5.14 Å². The molecule has 0 spiro atoms. The van der Waals surface area contributed by atoms with Crippen molar-refractivity contribution in [3.8, 4) is 11.5 Å². The van der Waals surface area contributed by atoms with Crippen LogP contribution in [0.5, 0.6) is 11.5 Å². The van der Waals surface area contributed by atoms with Crippen molar-refractivity contribution in [3.63, 3.8) is 0 Å². The fourth-order valence-corrected chi connectivity index (χ4v) is 6.03. The minimum Gasteiger partial charge on any atom is -0.497 e. The van der Waals surface area contributed by atoms with E-state index in [2.05, 4.69) is 9.97 Å². The van der Waals surface area contributed by atoms with Crippen LogP contribution in [0.3, 0.4) is 0 Å². The molecule has 12 nitrogen and oxygen atoms in total. The normalized spacial score (nSPS) is 11.7. The minimum absolute atomic E-state index is 0.0591. The van der Waals surface area contributed by atoms with E-state index >= 15 is 0 Å². The van der Waals surface area contributed by atoms with Gasteiger partial charge in [-0.05, 0) is 63.1 Å². The molecule has 2 aromatic carbocycles. The first-order valence-corrected chi connectivity index (χ1v) is 16.2. The number of imidazole rings is 2. The lowest BCUT2D eigenvalue weighted by Gasteiger charge is -2.21. The lowest BCUT2D eigenvalue weighted by molar-refractivity contribution is 0.396.